The second kappa shape index (κ2) is 13.8. The summed E-state index contributed by atoms with van der Waals surface area (Å²) in [5, 5.41) is 2.75. The molecule has 0 radical (unpaired) electrons. The number of methoxy groups -OCH3 is 1. The van der Waals surface area contributed by atoms with Crippen LogP contribution in [0.5, 0.6) is 5.75 Å². The van der Waals surface area contributed by atoms with Crippen molar-refractivity contribution < 1.29 is 35.9 Å². The van der Waals surface area contributed by atoms with E-state index in [0.717, 1.165) is 50.5 Å². The lowest BCUT2D eigenvalue weighted by Crippen LogP contribution is -2.54. The first-order valence-electron chi connectivity index (χ1n) is 13.3. The molecule has 1 saturated carbocycles. The van der Waals surface area contributed by atoms with Gasteiger partial charge in [0.15, 0.2) is 0 Å². The summed E-state index contributed by atoms with van der Waals surface area (Å²) in [6.07, 6.45) is 0.918. The van der Waals surface area contributed by atoms with Gasteiger partial charge in [0.1, 0.15) is 18.3 Å². The van der Waals surface area contributed by atoms with Gasteiger partial charge in [-0.25, -0.2) is 8.42 Å². The van der Waals surface area contributed by atoms with E-state index >= 15 is 0 Å². The number of ether oxygens (including phenoxy) is 1. The van der Waals surface area contributed by atoms with Gasteiger partial charge in [-0.05, 0) is 55.2 Å². The number of nitrogens with one attached hydrogen (secondary N) is 1. The Hall–Kier alpha value is -2.99. The van der Waals surface area contributed by atoms with Gasteiger partial charge < -0.3 is 15.0 Å². The molecular weight excluding hydrogens is 583 g/mol. The van der Waals surface area contributed by atoms with Crippen molar-refractivity contribution >= 4 is 39.1 Å². The summed E-state index contributed by atoms with van der Waals surface area (Å²) >= 11 is 6.15. The first kappa shape index (κ1) is 32.5. The summed E-state index contributed by atoms with van der Waals surface area (Å²) in [6.45, 7) is 0.798. The number of amides is 2. The Labute approximate surface area is 243 Å². The van der Waals surface area contributed by atoms with Gasteiger partial charge in [0.25, 0.3) is 0 Å². The van der Waals surface area contributed by atoms with Crippen LogP contribution in [-0.4, -0.2) is 57.1 Å². The normalized spacial score (nSPS) is 15.2. The highest BCUT2D eigenvalue weighted by atomic mass is 35.5. The molecule has 2 amide bonds. The predicted octanol–water partition coefficient (Wildman–Crippen LogP) is 5.39. The molecule has 41 heavy (non-hydrogen) atoms. The predicted molar refractivity (Wildman–Crippen MR) is 151 cm³/mol. The van der Waals surface area contributed by atoms with E-state index in [9.17, 15) is 31.2 Å². The Morgan fingerprint density at radius 2 is 1.80 bits per heavy atom. The Balaban J connectivity index is 2.00. The molecule has 0 heterocycles. The lowest BCUT2D eigenvalue weighted by molar-refractivity contribution is -0.140. The number of hydrogen-bond acceptors (Lipinski definition) is 5. The molecule has 0 bridgehead atoms. The Morgan fingerprint density at radius 1 is 1.12 bits per heavy atom. The molecule has 0 aromatic heterocycles. The maximum Gasteiger partial charge on any atom is 0.416 e. The van der Waals surface area contributed by atoms with Crippen LogP contribution in [0.15, 0.2) is 42.5 Å². The van der Waals surface area contributed by atoms with Crippen LogP contribution in [-0.2, 0) is 32.3 Å². The van der Waals surface area contributed by atoms with E-state index in [-0.39, 0.29) is 29.9 Å². The molecule has 0 saturated heterocycles. The van der Waals surface area contributed by atoms with Crippen LogP contribution in [0.3, 0.4) is 0 Å². The second-order valence-corrected chi connectivity index (χ2v) is 12.4. The second-order valence-electron chi connectivity index (χ2n) is 10.1. The summed E-state index contributed by atoms with van der Waals surface area (Å²) in [5.41, 5.74) is -0.993. The fraction of sp³-hybridized carbons (Fsp3) is 0.500. The molecule has 226 valence electrons. The highest BCUT2D eigenvalue weighted by molar-refractivity contribution is 7.92. The number of halogens is 4. The zero-order chi connectivity index (χ0) is 30.4. The molecular formula is C28H35ClF3N3O5S. The van der Waals surface area contributed by atoms with Crippen LogP contribution < -0.4 is 14.4 Å². The van der Waals surface area contributed by atoms with Crippen LogP contribution in [0.25, 0.3) is 0 Å². The molecule has 2 aromatic carbocycles. The van der Waals surface area contributed by atoms with E-state index in [1.165, 1.54) is 12.0 Å². The molecule has 2 aromatic rings. The van der Waals surface area contributed by atoms with Crippen molar-refractivity contribution in [1.82, 2.24) is 10.2 Å². The van der Waals surface area contributed by atoms with E-state index in [2.05, 4.69) is 5.32 Å². The molecule has 13 heteroatoms. The number of alkyl halides is 3. The number of carbonyl (C=O) groups is 2. The zero-order valence-corrected chi connectivity index (χ0v) is 24.8. The minimum Gasteiger partial charge on any atom is -0.497 e. The maximum atomic E-state index is 13.9. The van der Waals surface area contributed by atoms with Crippen molar-refractivity contribution in [2.24, 2.45) is 0 Å². The molecule has 1 aliphatic rings. The standard InChI is InChI=1S/C28H35ClF3N3O5S/c1-4-24(27(37)33-21-10-6-5-7-11-21)34(17-19-9-8-12-22(15-19)40-2)26(36)18-35(41(3,38)39)25-16-20(28(30,31)32)13-14-23(25)29/h8-9,12-16,21,24H,4-7,10-11,17-18H2,1-3H3,(H,33,37). The van der Waals surface area contributed by atoms with Crippen molar-refractivity contribution in [1.29, 1.82) is 0 Å². The number of hydrogen-bond donors (Lipinski definition) is 1. The Bertz CT molecular complexity index is 1330. The van der Waals surface area contributed by atoms with Crippen molar-refractivity contribution in [2.75, 3.05) is 24.2 Å². The van der Waals surface area contributed by atoms with Gasteiger partial charge in [-0.15, -0.1) is 0 Å². The van der Waals surface area contributed by atoms with E-state index < -0.39 is 45.9 Å². The summed E-state index contributed by atoms with van der Waals surface area (Å²) in [4.78, 5) is 28.6. The minimum atomic E-state index is -4.77. The van der Waals surface area contributed by atoms with Crippen molar-refractivity contribution in [3.63, 3.8) is 0 Å². The van der Waals surface area contributed by atoms with Gasteiger partial charge in [-0.3, -0.25) is 13.9 Å². The van der Waals surface area contributed by atoms with Crippen molar-refractivity contribution in [3.05, 3.63) is 58.6 Å². The lowest BCUT2D eigenvalue weighted by atomic mass is 9.95. The summed E-state index contributed by atoms with van der Waals surface area (Å²) in [7, 11) is -2.79. The summed E-state index contributed by atoms with van der Waals surface area (Å²) in [6, 6.07) is 8.10. The molecule has 1 atom stereocenters. The molecule has 8 nitrogen and oxygen atoms in total. The third-order valence-electron chi connectivity index (χ3n) is 7.05. The fourth-order valence-electron chi connectivity index (χ4n) is 4.91. The molecule has 0 spiro atoms. The summed E-state index contributed by atoms with van der Waals surface area (Å²) < 4.78 is 71.8. The van der Waals surface area contributed by atoms with Gasteiger partial charge in [-0.1, -0.05) is 49.9 Å². The average Bonchev–Trinajstić information content (AvgIpc) is 2.91. The van der Waals surface area contributed by atoms with E-state index in [0.29, 0.717) is 21.7 Å². The molecule has 1 unspecified atom stereocenters. The number of benzene rings is 2. The molecule has 3 rings (SSSR count). The monoisotopic (exact) mass is 617 g/mol. The molecule has 1 aliphatic carbocycles. The van der Waals surface area contributed by atoms with Crippen LogP contribution in [0.2, 0.25) is 5.02 Å². The van der Waals surface area contributed by atoms with Crippen LogP contribution >= 0.6 is 11.6 Å². The topological polar surface area (TPSA) is 96.0 Å². The van der Waals surface area contributed by atoms with Crippen LogP contribution in [0.1, 0.15) is 56.6 Å². The van der Waals surface area contributed by atoms with E-state index in [4.69, 9.17) is 16.3 Å². The number of rotatable bonds is 11. The Morgan fingerprint density at radius 3 is 2.39 bits per heavy atom. The molecule has 1 fully saturated rings. The zero-order valence-electron chi connectivity index (χ0n) is 23.2. The Kier molecular flexibility index (Phi) is 10.9. The fourth-order valence-corrected chi connectivity index (χ4v) is 6.03. The van der Waals surface area contributed by atoms with Crippen molar-refractivity contribution in [2.45, 2.75) is 70.3 Å². The maximum absolute atomic E-state index is 13.9. The first-order chi connectivity index (χ1) is 19.2. The molecule has 0 aliphatic heterocycles. The number of sulfonamides is 1. The smallest absolute Gasteiger partial charge is 0.416 e. The molecule has 1 N–H and O–H groups in total. The number of carbonyl (C=O) groups excluding carboxylic acids is 2. The summed E-state index contributed by atoms with van der Waals surface area (Å²) in [5.74, 6) is -0.640. The number of nitrogens with zero attached hydrogens (tertiary/aromatic N) is 2. The highest BCUT2D eigenvalue weighted by Crippen LogP contribution is 2.36. The minimum absolute atomic E-state index is 0.0319. The van der Waals surface area contributed by atoms with E-state index in [1.807, 2.05) is 0 Å². The lowest BCUT2D eigenvalue weighted by Gasteiger charge is -2.34. The quantitative estimate of drug-likeness (QED) is 0.365. The third kappa shape index (κ3) is 8.75. The van der Waals surface area contributed by atoms with Gasteiger partial charge in [-0.2, -0.15) is 13.2 Å². The number of anilines is 1. The van der Waals surface area contributed by atoms with Gasteiger partial charge in [0.05, 0.1) is 29.6 Å². The van der Waals surface area contributed by atoms with Gasteiger partial charge in [0, 0.05) is 12.6 Å². The van der Waals surface area contributed by atoms with Crippen LogP contribution in [0, 0.1) is 0 Å². The van der Waals surface area contributed by atoms with E-state index in [1.54, 1.807) is 31.2 Å². The largest absolute Gasteiger partial charge is 0.497 e. The third-order valence-corrected chi connectivity index (χ3v) is 8.49. The first-order valence-corrected chi connectivity index (χ1v) is 15.5. The van der Waals surface area contributed by atoms with Crippen molar-refractivity contribution in [3.8, 4) is 5.75 Å². The van der Waals surface area contributed by atoms with Gasteiger partial charge >= 0.3 is 6.18 Å². The van der Waals surface area contributed by atoms with Crippen LogP contribution in [0.4, 0.5) is 18.9 Å². The van der Waals surface area contributed by atoms with Gasteiger partial charge in [0.2, 0.25) is 21.8 Å². The SMILES string of the molecule is CCC(C(=O)NC1CCCCC1)N(Cc1cccc(OC)c1)C(=O)CN(c1cc(C(F)(F)F)ccc1Cl)S(C)(=O)=O. The average molecular weight is 618 g/mol. The highest BCUT2D eigenvalue weighted by Gasteiger charge is 2.35.